The molecule has 3 aliphatic heterocycles. The molecule has 5 N–H and O–H groups in total. The van der Waals surface area contributed by atoms with Crippen molar-refractivity contribution in [1.82, 2.24) is 29.5 Å². The molecular weight excluding hydrogens is 877 g/mol. The predicted octanol–water partition coefficient (Wildman–Crippen LogP) is 4.38. The number of hydrogen-bond donors (Lipinski definition) is 4. The molecule has 18 heteroatoms. The Morgan fingerprint density at radius 3 is 2.51 bits per heavy atom. The minimum Gasteiger partial charge on any atom is -0.508 e. The van der Waals surface area contributed by atoms with Crippen LogP contribution in [0.25, 0.3) is 27.6 Å². The van der Waals surface area contributed by atoms with Crippen molar-refractivity contribution in [2.24, 2.45) is 22.1 Å². The Morgan fingerprint density at radius 2 is 1.84 bits per heavy atom. The number of carbonyl (C=O) groups is 4. The third-order valence-electron chi connectivity index (χ3n) is 13.3. The van der Waals surface area contributed by atoms with Crippen LogP contribution in [0.3, 0.4) is 0 Å². The van der Waals surface area contributed by atoms with Gasteiger partial charge in [-0.25, -0.2) is 13.8 Å². The Bertz CT molecular complexity index is 2530. The lowest BCUT2D eigenvalue weighted by Gasteiger charge is -2.37. The summed E-state index contributed by atoms with van der Waals surface area (Å²) in [6.45, 7) is 13.6. The number of phenols is 1. The molecule has 6 bridgehead atoms. The number of nitrogens with zero attached hydrogens (tertiary/aromatic N) is 5. The number of aliphatic imine (C=N–C) groups is 1. The molecular formula is C49H70N8O9S. The van der Waals surface area contributed by atoms with Gasteiger partial charge in [-0.05, 0) is 105 Å². The van der Waals surface area contributed by atoms with E-state index in [1.54, 1.807) is 33.1 Å². The van der Waals surface area contributed by atoms with Crippen LogP contribution in [0.5, 0.6) is 5.75 Å². The second kappa shape index (κ2) is 21.0. The first kappa shape index (κ1) is 51.3. The molecule has 1 fully saturated rings. The normalized spacial score (nSPS) is 20.7. The second-order valence-corrected chi connectivity index (χ2v) is 21.8. The highest BCUT2D eigenvalue weighted by atomic mass is 32.2. The molecule has 4 heterocycles. The first-order chi connectivity index (χ1) is 31.6. The molecule has 1 saturated heterocycles. The number of allylic oxidation sites excluding steroid dienone is 1. The summed E-state index contributed by atoms with van der Waals surface area (Å²) in [6, 6.07) is 8.17. The fourth-order valence-electron chi connectivity index (χ4n) is 9.49. The topological polar surface area (TPSA) is 218 Å². The number of hydrazine groups is 1. The van der Waals surface area contributed by atoms with Crippen LogP contribution in [0.15, 0.2) is 47.1 Å². The average molecular weight is 947 g/mol. The van der Waals surface area contributed by atoms with Gasteiger partial charge in [-0.1, -0.05) is 39.8 Å². The van der Waals surface area contributed by atoms with Crippen molar-refractivity contribution >= 4 is 56.4 Å². The van der Waals surface area contributed by atoms with Gasteiger partial charge in [0.1, 0.15) is 23.9 Å². The average Bonchev–Trinajstić information content (AvgIpc) is 3.60. The predicted molar refractivity (Wildman–Crippen MR) is 259 cm³/mol. The summed E-state index contributed by atoms with van der Waals surface area (Å²) >= 11 is 0. The first-order valence-corrected chi connectivity index (χ1v) is 24.8. The minimum atomic E-state index is -3.89. The monoisotopic (exact) mass is 946 g/mol. The van der Waals surface area contributed by atoms with Crippen LogP contribution in [-0.4, -0.2) is 139 Å². The molecule has 3 amide bonds. The van der Waals surface area contributed by atoms with Crippen molar-refractivity contribution in [3.8, 4) is 16.9 Å². The fourth-order valence-corrected chi connectivity index (χ4v) is 10.6. The quantitative estimate of drug-likeness (QED) is 0.176. The Morgan fingerprint density at radius 1 is 1.10 bits per heavy atom. The maximum absolute atomic E-state index is 14.7. The molecule has 3 aliphatic rings. The van der Waals surface area contributed by atoms with E-state index >= 15 is 0 Å². The summed E-state index contributed by atoms with van der Waals surface area (Å²) in [5, 5.41) is 15.7. The molecule has 6 rings (SSSR count). The van der Waals surface area contributed by atoms with E-state index in [9.17, 15) is 32.7 Å². The number of esters is 1. The number of fused-ring (bicyclic) bond motifs is 6. The summed E-state index contributed by atoms with van der Waals surface area (Å²) in [4.78, 5) is 62.8. The van der Waals surface area contributed by atoms with Crippen molar-refractivity contribution in [3.05, 3.63) is 58.9 Å². The van der Waals surface area contributed by atoms with Crippen LogP contribution in [-0.2, 0) is 58.1 Å². The van der Waals surface area contributed by atoms with Gasteiger partial charge in [0.05, 0.1) is 35.9 Å². The third kappa shape index (κ3) is 11.1. The molecule has 2 aromatic carbocycles. The Kier molecular flexibility index (Phi) is 16.1. The van der Waals surface area contributed by atoms with Crippen molar-refractivity contribution in [3.63, 3.8) is 0 Å². The van der Waals surface area contributed by atoms with Crippen molar-refractivity contribution in [1.29, 1.82) is 0 Å². The van der Waals surface area contributed by atoms with Gasteiger partial charge in [-0.15, -0.1) is 0 Å². The maximum Gasteiger partial charge on any atom is 0.324 e. The van der Waals surface area contributed by atoms with Gasteiger partial charge < -0.3 is 35.1 Å². The molecule has 0 unspecified atom stereocenters. The van der Waals surface area contributed by atoms with Gasteiger partial charge in [-0.3, -0.25) is 29.2 Å². The molecule has 3 aromatic rings. The maximum atomic E-state index is 14.7. The van der Waals surface area contributed by atoms with Gasteiger partial charge in [0.25, 0.3) is 5.91 Å². The number of amides is 3. The standard InChI is InChI=1S/C49H70N8O9S/c1-11-56-41-17-16-33-24-37(41)38(45(56)36-14-12-18-51-43(36)31(5)65-10)25-49(6,7)28-66-48(62)39-15-13-19-57(53-39)47(61)40(22-32-20-34(33)23-35(58)21-32)52-46(60)44(29(2)3)55(9)42(59)27-54(8)67(63,64)30(4)26-50/h16-18,20-21,23-24,29-31,39-40,44,53,58H,11-15,19,22,25-28,50H2,1-10H3,(H,52,60)/t30-,31-,39-,40-,44-/m0/s1. The van der Waals surface area contributed by atoms with Crippen molar-refractivity contribution in [2.75, 3.05) is 47.4 Å². The molecule has 17 nitrogen and oxygen atoms in total. The number of aromatic hydroxyl groups is 1. The van der Waals surface area contributed by atoms with Gasteiger partial charge in [0.15, 0.2) is 0 Å². The van der Waals surface area contributed by atoms with Crippen LogP contribution in [0.1, 0.15) is 91.0 Å². The van der Waals surface area contributed by atoms with Crippen LogP contribution in [0, 0.1) is 11.3 Å². The zero-order chi connectivity index (χ0) is 49.1. The molecule has 0 radical (unpaired) electrons. The van der Waals surface area contributed by atoms with E-state index < -0.39 is 75.0 Å². The highest BCUT2D eigenvalue weighted by Crippen LogP contribution is 2.42. The summed E-state index contributed by atoms with van der Waals surface area (Å²) < 4.78 is 41.1. The molecule has 5 atom stereocenters. The number of carbonyl (C=O) groups excluding carboxylic acids is 4. The zero-order valence-electron chi connectivity index (χ0n) is 40.7. The van der Waals surface area contributed by atoms with E-state index in [2.05, 4.69) is 48.2 Å². The van der Waals surface area contributed by atoms with Crippen LogP contribution >= 0.6 is 0 Å². The highest BCUT2D eigenvalue weighted by Gasteiger charge is 2.39. The number of rotatable bonds is 13. The van der Waals surface area contributed by atoms with E-state index in [0.717, 1.165) is 56.1 Å². The highest BCUT2D eigenvalue weighted by molar-refractivity contribution is 7.89. The Hall–Kier alpha value is -5.14. The lowest BCUT2D eigenvalue weighted by Crippen LogP contribution is -2.62. The molecule has 0 saturated carbocycles. The summed E-state index contributed by atoms with van der Waals surface area (Å²) in [5.74, 6) is -2.80. The molecule has 67 heavy (non-hydrogen) atoms. The summed E-state index contributed by atoms with van der Waals surface area (Å²) in [6.07, 6.45) is 4.63. The SMILES string of the molecule is CCn1c(C2=C([C@H](C)OC)N=CCC2)c2c3cc(ccc31)-c1cc(O)cc(c1)C[C@H](NC(=O)[C@H](C(C)C)N(C)C(=O)CN(C)S(=O)(=O)[C@@H](C)CN)C(=O)N1CCC[C@H](N1)C(=O)OCC(C)(C)C2. The third-order valence-corrected chi connectivity index (χ3v) is 15.5. The first-order valence-electron chi connectivity index (χ1n) is 23.3. The molecule has 0 aliphatic carbocycles. The number of nitrogens with two attached hydrogens (primary N) is 1. The number of likely N-dealkylation sites (N-methyl/N-ethyl adjacent to an activating group) is 2. The number of ether oxygens (including phenoxy) is 2. The van der Waals surface area contributed by atoms with Gasteiger partial charge in [-0.2, -0.15) is 4.31 Å². The fraction of sp³-hybridized carbons (Fsp3) is 0.571. The second-order valence-electron chi connectivity index (χ2n) is 19.4. The van der Waals surface area contributed by atoms with Crippen molar-refractivity contribution < 1.29 is 42.2 Å². The number of benzene rings is 2. The minimum absolute atomic E-state index is 0.0385. The number of phenolic OH excluding ortho intramolecular Hbond substituents is 1. The lowest BCUT2D eigenvalue weighted by atomic mass is 9.83. The smallest absolute Gasteiger partial charge is 0.324 e. The van der Waals surface area contributed by atoms with E-state index in [1.807, 2.05) is 25.3 Å². The van der Waals surface area contributed by atoms with Crippen LogP contribution < -0.4 is 16.5 Å². The zero-order valence-corrected chi connectivity index (χ0v) is 41.5. The largest absolute Gasteiger partial charge is 0.508 e. The van der Waals surface area contributed by atoms with E-state index in [0.29, 0.717) is 36.9 Å². The van der Waals surface area contributed by atoms with Crippen molar-refractivity contribution in [2.45, 2.75) is 123 Å². The molecule has 1 aromatic heterocycles. The number of hydrogen-bond acceptors (Lipinski definition) is 12. The molecule has 0 spiro atoms. The number of sulfonamides is 1. The lowest BCUT2D eigenvalue weighted by molar-refractivity contribution is -0.155. The van der Waals surface area contributed by atoms with Gasteiger partial charge >= 0.3 is 5.97 Å². The molecule has 366 valence electrons. The Labute approximate surface area is 395 Å². The van der Waals surface area contributed by atoms with E-state index in [1.165, 1.54) is 30.9 Å². The number of cyclic esters (lactones) is 1. The Balaban J connectivity index is 1.45. The summed E-state index contributed by atoms with van der Waals surface area (Å²) in [5.41, 5.74) is 15.4. The number of nitrogens with one attached hydrogen (secondary N) is 2. The number of aromatic nitrogens is 1. The van der Waals surface area contributed by atoms with Crippen LogP contribution in [0.4, 0.5) is 0 Å². The van der Waals surface area contributed by atoms with Gasteiger partial charge in [0, 0.05) is 75.4 Å². The number of methoxy groups -OCH3 is 1. The number of aryl methyl sites for hydroxylation is 1. The van der Waals surface area contributed by atoms with Crippen LogP contribution in [0.2, 0.25) is 0 Å². The van der Waals surface area contributed by atoms with E-state index in [-0.39, 0.29) is 38.0 Å². The van der Waals surface area contributed by atoms with E-state index in [4.69, 9.17) is 20.2 Å². The van der Waals surface area contributed by atoms with Gasteiger partial charge in [0.2, 0.25) is 21.8 Å². The summed E-state index contributed by atoms with van der Waals surface area (Å²) in [7, 11) is 0.505.